The number of hydrogen-bond donors (Lipinski definition) is 1. The maximum absolute atomic E-state index is 11.9. The predicted molar refractivity (Wildman–Crippen MR) is 91.0 cm³/mol. The molecule has 1 N–H and O–H groups in total. The fraction of sp³-hybridized carbons (Fsp3) is 0.312. The summed E-state index contributed by atoms with van der Waals surface area (Å²) in [5, 5.41) is 6.90. The predicted octanol–water partition coefficient (Wildman–Crippen LogP) is 2.38. The summed E-state index contributed by atoms with van der Waals surface area (Å²) in [6.07, 6.45) is 6.94. The summed E-state index contributed by atoms with van der Waals surface area (Å²) < 4.78 is 13.6. The minimum Gasteiger partial charge on any atom is -0.490 e. The lowest BCUT2D eigenvalue weighted by Crippen LogP contribution is -2.29. The fourth-order valence-corrected chi connectivity index (χ4v) is 3.14. The first-order chi connectivity index (χ1) is 11.6. The van der Waals surface area contributed by atoms with Gasteiger partial charge in [-0.2, -0.15) is 10.1 Å². The first-order valence-corrected chi connectivity index (χ1v) is 8.15. The molecule has 3 rings (SSSR count). The molecule has 7 nitrogen and oxygen atoms in total. The van der Waals surface area contributed by atoms with Crippen molar-refractivity contribution in [1.82, 2.24) is 14.8 Å². The van der Waals surface area contributed by atoms with Crippen molar-refractivity contribution < 1.29 is 14.3 Å². The van der Waals surface area contributed by atoms with E-state index in [1.165, 1.54) is 6.33 Å². The highest BCUT2D eigenvalue weighted by molar-refractivity contribution is 9.10. The average molecular weight is 391 g/mol. The Bertz CT molecular complexity index is 812. The number of hydrogen-bond acceptors (Lipinski definition) is 5. The van der Waals surface area contributed by atoms with E-state index >= 15 is 0 Å². The summed E-state index contributed by atoms with van der Waals surface area (Å²) in [5.74, 6) is 3.85. The molecule has 1 aliphatic rings. The van der Waals surface area contributed by atoms with Gasteiger partial charge in [0.25, 0.3) is 0 Å². The van der Waals surface area contributed by atoms with E-state index < -0.39 is 0 Å². The van der Waals surface area contributed by atoms with E-state index in [9.17, 15) is 4.79 Å². The Labute approximate surface area is 147 Å². The molecule has 1 aliphatic heterocycles. The molecule has 2 heterocycles. The minimum atomic E-state index is -0.270. The number of terminal acetylenes is 1. The third kappa shape index (κ3) is 3.08. The molecule has 0 unspecified atom stereocenters. The number of aromatic nitrogens is 3. The molecule has 0 aliphatic carbocycles. The highest BCUT2D eigenvalue weighted by atomic mass is 79.9. The van der Waals surface area contributed by atoms with Crippen LogP contribution in [0.4, 0.5) is 5.95 Å². The number of carbonyl (C=O) groups is 1. The molecule has 0 saturated heterocycles. The lowest BCUT2D eigenvalue weighted by molar-refractivity contribution is -0.117. The standard InChI is InChI=1S/C16H15BrN4O3/c1-3-5-24-15-11(17)6-10(7-13(15)23-4-2)12-8-14(22)20-16-18-9-19-21(12)16/h1,6-7,9,12H,4-5,8H2,2H3,(H,18,19,20,22)/t12-/m1/s1. The Kier molecular flexibility index (Phi) is 4.71. The first-order valence-electron chi connectivity index (χ1n) is 7.36. The Hall–Kier alpha value is -2.53. The number of carbonyl (C=O) groups excluding carboxylic acids is 1. The van der Waals surface area contributed by atoms with Crippen LogP contribution < -0.4 is 14.8 Å². The van der Waals surface area contributed by atoms with Crippen molar-refractivity contribution in [3.05, 3.63) is 28.5 Å². The summed E-state index contributed by atoms with van der Waals surface area (Å²) in [4.78, 5) is 16.0. The van der Waals surface area contributed by atoms with Crippen LogP contribution in [0.2, 0.25) is 0 Å². The van der Waals surface area contributed by atoms with Crippen LogP contribution >= 0.6 is 15.9 Å². The molecule has 0 radical (unpaired) electrons. The van der Waals surface area contributed by atoms with Crippen LogP contribution in [0.1, 0.15) is 24.9 Å². The molecule has 0 spiro atoms. The third-order valence-electron chi connectivity index (χ3n) is 3.51. The summed E-state index contributed by atoms with van der Waals surface area (Å²) in [7, 11) is 0. The monoisotopic (exact) mass is 390 g/mol. The van der Waals surface area contributed by atoms with Gasteiger partial charge in [0.05, 0.1) is 23.5 Å². The molecule has 0 bridgehead atoms. The minimum absolute atomic E-state index is 0.109. The molecular formula is C16H15BrN4O3. The van der Waals surface area contributed by atoms with E-state index in [4.69, 9.17) is 15.9 Å². The van der Waals surface area contributed by atoms with Crippen molar-refractivity contribution in [2.24, 2.45) is 0 Å². The van der Waals surface area contributed by atoms with Gasteiger partial charge in [0, 0.05) is 0 Å². The van der Waals surface area contributed by atoms with Crippen LogP contribution in [-0.4, -0.2) is 33.9 Å². The van der Waals surface area contributed by atoms with Gasteiger partial charge >= 0.3 is 0 Å². The van der Waals surface area contributed by atoms with Gasteiger partial charge in [-0.05, 0) is 40.5 Å². The number of rotatable bonds is 5. The molecule has 124 valence electrons. The second-order valence-electron chi connectivity index (χ2n) is 5.05. The maximum Gasteiger partial charge on any atom is 0.229 e. The molecule has 1 amide bonds. The Balaban J connectivity index is 2.03. The van der Waals surface area contributed by atoms with Crippen LogP contribution in [0, 0.1) is 12.3 Å². The molecule has 24 heavy (non-hydrogen) atoms. The van der Waals surface area contributed by atoms with Crippen molar-refractivity contribution in [2.45, 2.75) is 19.4 Å². The quantitative estimate of drug-likeness (QED) is 0.792. The molecular weight excluding hydrogens is 376 g/mol. The molecule has 1 atom stereocenters. The maximum atomic E-state index is 11.9. The second-order valence-corrected chi connectivity index (χ2v) is 5.91. The largest absolute Gasteiger partial charge is 0.490 e. The van der Waals surface area contributed by atoms with Crippen LogP contribution in [0.25, 0.3) is 0 Å². The second kappa shape index (κ2) is 6.93. The van der Waals surface area contributed by atoms with Crippen molar-refractivity contribution in [1.29, 1.82) is 0 Å². The van der Waals surface area contributed by atoms with Crippen molar-refractivity contribution in [2.75, 3.05) is 18.5 Å². The van der Waals surface area contributed by atoms with Crippen LogP contribution in [0.3, 0.4) is 0 Å². The molecule has 1 aromatic carbocycles. The van der Waals surface area contributed by atoms with Crippen molar-refractivity contribution >= 4 is 27.8 Å². The summed E-state index contributed by atoms with van der Waals surface area (Å²) >= 11 is 3.49. The Morgan fingerprint density at radius 3 is 3.08 bits per heavy atom. The zero-order chi connectivity index (χ0) is 17.1. The lowest BCUT2D eigenvalue weighted by Gasteiger charge is -2.25. The highest BCUT2D eigenvalue weighted by Gasteiger charge is 2.29. The van der Waals surface area contributed by atoms with Crippen LogP contribution in [0.15, 0.2) is 22.9 Å². The van der Waals surface area contributed by atoms with E-state index in [-0.39, 0.29) is 25.0 Å². The van der Waals surface area contributed by atoms with Gasteiger partial charge < -0.3 is 9.47 Å². The topological polar surface area (TPSA) is 78.3 Å². The van der Waals surface area contributed by atoms with Gasteiger partial charge in [-0.25, -0.2) is 4.68 Å². The van der Waals surface area contributed by atoms with Gasteiger partial charge in [0.2, 0.25) is 11.9 Å². The zero-order valence-corrected chi connectivity index (χ0v) is 14.5. The van der Waals surface area contributed by atoms with Gasteiger partial charge in [0.1, 0.15) is 12.9 Å². The first kappa shape index (κ1) is 16.3. The summed E-state index contributed by atoms with van der Waals surface area (Å²) in [6, 6.07) is 3.45. The van der Waals surface area contributed by atoms with E-state index in [2.05, 4.69) is 37.2 Å². The number of amides is 1. The highest BCUT2D eigenvalue weighted by Crippen LogP contribution is 2.40. The fourth-order valence-electron chi connectivity index (χ4n) is 2.56. The van der Waals surface area contributed by atoms with E-state index in [0.717, 1.165) is 5.56 Å². The smallest absolute Gasteiger partial charge is 0.229 e. The number of benzene rings is 1. The van der Waals surface area contributed by atoms with Gasteiger partial charge in [-0.3, -0.25) is 10.1 Å². The number of nitrogens with one attached hydrogen (secondary N) is 1. The van der Waals surface area contributed by atoms with E-state index in [0.29, 0.717) is 28.5 Å². The lowest BCUT2D eigenvalue weighted by atomic mass is 10.0. The van der Waals surface area contributed by atoms with Crippen molar-refractivity contribution in [3.63, 3.8) is 0 Å². The number of nitrogens with zero attached hydrogens (tertiary/aromatic N) is 3. The normalized spacial score (nSPS) is 16.0. The molecule has 2 aromatic rings. The molecule has 0 saturated carbocycles. The van der Waals surface area contributed by atoms with Gasteiger partial charge in [0.15, 0.2) is 11.5 Å². The average Bonchev–Trinajstić information content (AvgIpc) is 3.01. The molecule has 0 fully saturated rings. The number of fused-ring (bicyclic) bond motifs is 1. The van der Waals surface area contributed by atoms with E-state index in [1.807, 2.05) is 19.1 Å². The van der Waals surface area contributed by atoms with Crippen molar-refractivity contribution in [3.8, 4) is 23.8 Å². The number of halogens is 1. The number of ether oxygens (including phenoxy) is 2. The third-order valence-corrected chi connectivity index (χ3v) is 4.10. The van der Waals surface area contributed by atoms with Crippen LogP contribution in [0.5, 0.6) is 11.5 Å². The van der Waals surface area contributed by atoms with E-state index in [1.54, 1.807) is 4.68 Å². The summed E-state index contributed by atoms with van der Waals surface area (Å²) in [5.41, 5.74) is 0.861. The van der Waals surface area contributed by atoms with Crippen LogP contribution in [-0.2, 0) is 4.79 Å². The molecule has 1 aromatic heterocycles. The number of anilines is 1. The Morgan fingerprint density at radius 2 is 2.33 bits per heavy atom. The zero-order valence-electron chi connectivity index (χ0n) is 13.0. The van der Waals surface area contributed by atoms with Gasteiger partial charge in [-0.1, -0.05) is 5.92 Å². The SMILES string of the molecule is C#CCOc1c(Br)cc([C@H]2CC(=O)Nc3ncnn32)cc1OCC. The summed E-state index contributed by atoms with van der Waals surface area (Å²) in [6.45, 7) is 2.49. The van der Waals surface area contributed by atoms with Gasteiger partial charge in [-0.15, -0.1) is 6.42 Å². The molecule has 8 heteroatoms. The Morgan fingerprint density at radius 1 is 1.50 bits per heavy atom.